The van der Waals surface area contributed by atoms with Gasteiger partial charge >= 0.3 is 0 Å². The zero-order chi connectivity index (χ0) is 15.2. The Morgan fingerprint density at radius 1 is 1.19 bits per heavy atom. The molecular weight excluding hydrogens is 282 g/mol. The third kappa shape index (κ3) is 4.60. The quantitative estimate of drug-likeness (QED) is 0.926. The molecule has 2 rings (SSSR count). The number of benzene rings is 1. The predicted molar refractivity (Wildman–Crippen MR) is 87.3 cm³/mol. The van der Waals surface area contributed by atoms with E-state index in [0.717, 1.165) is 18.2 Å². The van der Waals surface area contributed by atoms with Crippen LogP contribution in [0, 0.1) is 11.8 Å². The van der Waals surface area contributed by atoms with Crippen LogP contribution in [0.2, 0.25) is 0 Å². The highest BCUT2D eigenvalue weighted by Crippen LogP contribution is 2.29. The van der Waals surface area contributed by atoms with Crippen molar-refractivity contribution in [2.24, 2.45) is 11.8 Å². The third-order valence-corrected chi connectivity index (χ3v) is 5.30. The largest absolute Gasteiger partial charge is 0.352 e. The van der Waals surface area contributed by atoms with Gasteiger partial charge in [-0.25, -0.2) is 0 Å². The Kier molecular flexibility index (Phi) is 5.85. The van der Waals surface area contributed by atoms with E-state index in [2.05, 4.69) is 19.2 Å². The predicted octanol–water partition coefficient (Wildman–Crippen LogP) is 3.50. The van der Waals surface area contributed by atoms with Gasteiger partial charge in [0.25, 0.3) is 0 Å². The Balaban J connectivity index is 1.78. The lowest BCUT2D eigenvalue weighted by atomic mass is 9.78. The van der Waals surface area contributed by atoms with Crippen LogP contribution < -0.4 is 5.32 Å². The number of thioether (sulfide) groups is 1. The molecule has 1 fully saturated rings. The number of nitrogens with one attached hydrogen (secondary N) is 1. The molecule has 0 spiro atoms. The molecule has 1 aliphatic rings. The maximum Gasteiger partial charge on any atom is 0.230 e. The van der Waals surface area contributed by atoms with Crippen molar-refractivity contribution in [1.82, 2.24) is 5.32 Å². The van der Waals surface area contributed by atoms with E-state index >= 15 is 0 Å². The van der Waals surface area contributed by atoms with E-state index in [0.29, 0.717) is 17.4 Å². The molecule has 3 nitrogen and oxygen atoms in total. The Hall–Kier alpha value is -1.29. The van der Waals surface area contributed by atoms with Crippen molar-refractivity contribution in [3.8, 4) is 0 Å². The minimum atomic E-state index is -0.0455. The molecule has 0 aliphatic heterocycles. The molecule has 1 N–H and O–H groups in total. The first-order valence-electron chi connectivity index (χ1n) is 7.59. The maximum atomic E-state index is 12.0. The van der Waals surface area contributed by atoms with Gasteiger partial charge in [-0.3, -0.25) is 9.59 Å². The highest BCUT2D eigenvalue weighted by atomic mass is 32.2. The van der Waals surface area contributed by atoms with Gasteiger partial charge in [-0.1, -0.05) is 68.8 Å². The summed E-state index contributed by atoms with van der Waals surface area (Å²) in [5, 5.41) is 3.05. The number of carbonyl (C=O) groups is 2. The second kappa shape index (κ2) is 7.64. The van der Waals surface area contributed by atoms with Gasteiger partial charge in [0.15, 0.2) is 0 Å². The Labute approximate surface area is 130 Å². The average Bonchev–Trinajstić information content (AvgIpc) is 2.50. The van der Waals surface area contributed by atoms with Crippen LogP contribution in [0.4, 0.5) is 0 Å². The van der Waals surface area contributed by atoms with E-state index in [1.165, 1.54) is 12.8 Å². The Morgan fingerprint density at radius 2 is 1.90 bits per heavy atom. The van der Waals surface area contributed by atoms with Crippen molar-refractivity contribution in [2.45, 2.75) is 39.2 Å². The number of rotatable bonds is 4. The fraction of sp³-hybridized carbons (Fsp3) is 0.529. The normalized spacial score (nSPS) is 25.3. The lowest BCUT2D eigenvalue weighted by Gasteiger charge is -2.34. The van der Waals surface area contributed by atoms with E-state index in [4.69, 9.17) is 0 Å². The molecule has 1 aromatic carbocycles. The van der Waals surface area contributed by atoms with E-state index in [1.807, 2.05) is 18.2 Å². The van der Waals surface area contributed by atoms with Crippen molar-refractivity contribution in [2.75, 3.05) is 5.75 Å². The van der Waals surface area contributed by atoms with Gasteiger partial charge in [0.1, 0.15) is 0 Å². The molecule has 114 valence electrons. The van der Waals surface area contributed by atoms with Gasteiger partial charge in [-0.2, -0.15) is 0 Å². The SMILES string of the molecule is C[C@@H]1[C@H](C)CCC[C@@H]1NC(=O)CSC(=O)c1ccccc1. The van der Waals surface area contributed by atoms with E-state index in [1.54, 1.807) is 12.1 Å². The second-order valence-electron chi connectivity index (χ2n) is 5.88. The summed E-state index contributed by atoms with van der Waals surface area (Å²) in [6.07, 6.45) is 3.47. The summed E-state index contributed by atoms with van der Waals surface area (Å²) >= 11 is 1.08. The van der Waals surface area contributed by atoms with Crippen LogP contribution in [0.25, 0.3) is 0 Å². The van der Waals surface area contributed by atoms with Crippen molar-refractivity contribution in [3.05, 3.63) is 35.9 Å². The minimum absolute atomic E-state index is 0.0322. The van der Waals surface area contributed by atoms with Crippen LogP contribution in [-0.4, -0.2) is 22.8 Å². The lowest BCUT2D eigenvalue weighted by molar-refractivity contribution is -0.120. The molecule has 1 aliphatic carbocycles. The van der Waals surface area contributed by atoms with Crippen LogP contribution >= 0.6 is 11.8 Å². The van der Waals surface area contributed by atoms with Crippen molar-refractivity contribution >= 4 is 22.8 Å². The van der Waals surface area contributed by atoms with Crippen molar-refractivity contribution < 1.29 is 9.59 Å². The molecule has 0 radical (unpaired) electrons. The first-order valence-corrected chi connectivity index (χ1v) is 8.58. The van der Waals surface area contributed by atoms with Gasteiger partial charge in [-0.05, 0) is 18.3 Å². The number of carbonyl (C=O) groups excluding carboxylic acids is 2. The van der Waals surface area contributed by atoms with Crippen LogP contribution in [0.1, 0.15) is 43.5 Å². The van der Waals surface area contributed by atoms with E-state index < -0.39 is 0 Å². The summed E-state index contributed by atoms with van der Waals surface area (Å²) in [6.45, 7) is 4.45. The van der Waals surface area contributed by atoms with Crippen LogP contribution in [0.5, 0.6) is 0 Å². The lowest BCUT2D eigenvalue weighted by Crippen LogP contribution is -2.44. The first kappa shape index (κ1) is 16.1. The van der Waals surface area contributed by atoms with Gasteiger partial charge in [0.05, 0.1) is 5.75 Å². The number of hydrogen-bond donors (Lipinski definition) is 1. The summed E-state index contributed by atoms with van der Waals surface area (Å²) in [5.74, 6) is 1.33. The molecule has 0 unspecified atom stereocenters. The summed E-state index contributed by atoms with van der Waals surface area (Å²) in [6, 6.07) is 9.35. The average molecular weight is 305 g/mol. The highest BCUT2D eigenvalue weighted by molar-refractivity contribution is 8.14. The fourth-order valence-electron chi connectivity index (χ4n) is 2.82. The Bertz CT molecular complexity index is 489. The molecule has 0 bridgehead atoms. The van der Waals surface area contributed by atoms with Gasteiger partial charge < -0.3 is 5.32 Å². The number of hydrogen-bond acceptors (Lipinski definition) is 3. The van der Waals surface area contributed by atoms with Crippen LogP contribution in [0.15, 0.2) is 30.3 Å². The smallest absolute Gasteiger partial charge is 0.230 e. The molecule has 21 heavy (non-hydrogen) atoms. The van der Waals surface area contributed by atoms with Gasteiger partial charge in [0.2, 0.25) is 11.0 Å². The molecule has 1 amide bonds. The first-order chi connectivity index (χ1) is 10.1. The molecule has 3 atom stereocenters. The summed E-state index contributed by atoms with van der Waals surface area (Å²) in [4.78, 5) is 24.0. The zero-order valence-electron chi connectivity index (χ0n) is 12.7. The summed E-state index contributed by atoms with van der Waals surface area (Å²) in [7, 11) is 0. The Morgan fingerprint density at radius 3 is 2.62 bits per heavy atom. The van der Waals surface area contributed by atoms with Crippen LogP contribution in [-0.2, 0) is 4.79 Å². The van der Waals surface area contributed by atoms with Crippen LogP contribution in [0.3, 0.4) is 0 Å². The molecule has 4 heteroatoms. The minimum Gasteiger partial charge on any atom is -0.352 e. The molecule has 0 saturated heterocycles. The van der Waals surface area contributed by atoms with E-state index in [9.17, 15) is 9.59 Å². The third-order valence-electron chi connectivity index (χ3n) is 4.40. The fourth-order valence-corrected chi connectivity index (χ4v) is 3.47. The van der Waals surface area contributed by atoms with E-state index in [-0.39, 0.29) is 22.8 Å². The topological polar surface area (TPSA) is 46.2 Å². The summed E-state index contributed by atoms with van der Waals surface area (Å²) < 4.78 is 0. The zero-order valence-corrected chi connectivity index (χ0v) is 13.5. The molecular formula is C17H23NO2S. The standard InChI is InChI=1S/C17H23NO2S/c1-12-7-6-10-15(13(12)2)18-16(19)11-21-17(20)14-8-4-3-5-9-14/h3-5,8-9,12-13,15H,6-7,10-11H2,1-2H3,(H,18,19)/t12-,13-,15+/m1/s1. The van der Waals surface area contributed by atoms with Gasteiger partial charge in [0, 0.05) is 11.6 Å². The molecule has 0 heterocycles. The molecule has 1 saturated carbocycles. The number of amides is 1. The van der Waals surface area contributed by atoms with Crippen molar-refractivity contribution in [3.63, 3.8) is 0 Å². The van der Waals surface area contributed by atoms with Gasteiger partial charge in [-0.15, -0.1) is 0 Å². The highest BCUT2D eigenvalue weighted by Gasteiger charge is 2.28. The maximum absolute atomic E-state index is 12.0. The monoisotopic (exact) mass is 305 g/mol. The summed E-state index contributed by atoms with van der Waals surface area (Å²) in [5.41, 5.74) is 0.648. The molecule has 0 aromatic heterocycles. The second-order valence-corrected chi connectivity index (χ2v) is 6.83. The molecule has 1 aromatic rings. The van der Waals surface area contributed by atoms with Crippen molar-refractivity contribution in [1.29, 1.82) is 0 Å².